The van der Waals surface area contributed by atoms with Crippen LogP contribution in [0.2, 0.25) is 0 Å². The van der Waals surface area contributed by atoms with Crippen molar-refractivity contribution in [2.75, 3.05) is 7.11 Å². The van der Waals surface area contributed by atoms with Crippen molar-refractivity contribution in [3.63, 3.8) is 0 Å². The Morgan fingerprint density at radius 3 is 2.39 bits per heavy atom. The maximum absolute atomic E-state index is 13.4. The number of aromatic carboxylic acids is 1. The van der Waals surface area contributed by atoms with Crippen molar-refractivity contribution in [2.45, 2.75) is 0 Å². The van der Waals surface area contributed by atoms with Gasteiger partial charge in [0.05, 0.1) is 7.11 Å². The molecule has 0 aliphatic heterocycles. The van der Waals surface area contributed by atoms with Crippen LogP contribution in [0.5, 0.6) is 5.75 Å². The summed E-state index contributed by atoms with van der Waals surface area (Å²) in [6, 6.07) is 3.03. The number of halogens is 2. The largest absolute Gasteiger partial charge is 0.491 e. The maximum atomic E-state index is 13.4. The van der Waals surface area contributed by atoms with Crippen LogP contribution in [0.4, 0.5) is 8.78 Å². The van der Waals surface area contributed by atoms with E-state index in [9.17, 15) is 13.6 Å². The molecule has 94 valence electrons. The minimum absolute atomic E-state index is 0.0212. The Bertz CT molecular complexity index is 586. The zero-order valence-corrected chi connectivity index (χ0v) is 9.11. The zero-order valence-electron chi connectivity index (χ0n) is 9.11. The smallest absolute Gasteiger partial charge is 0.374 e. The molecule has 1 N–H and O–H groups in total. The number of nitrogens with zero attached hydrogens (tertiary/aromatic N) is 1. The quantitative estimate of drug-likeness (QED) is 0.911. The molecule has 0 saturated heterocycles. The number of hydrogen-bond donors (Lipinski definition) is 1. The summed E-state index contributed by atoms with van der Waals surface area (Å²) >= 11 is 0. The highest BCUT2D eigenvalue weighted by Gasteiger charge is 2.17. The van der Waals surface area contributed by atoms with E-state index in [0.717, 1.165) is 25.3 Å². The van der Waals surface area contributed by atoms with Crippen molar-refractivity contribution in [2.24, 2.45) is 0 Å². The standard InChI is InChI=1S/C11H7F2NO4/c1-17-10-6(12)2-5(3-7(10)13)8-4-9(11(15)16)18-14-8/h2-4H,1H3,(H,15,16). The van der Waals surface area contributed by atoms with Crippen LogP contribution in [-0.2, 0) is 0 Å². The van der Waals surface area contributed by atoms with E-state index in [1.165, 1.54) is 0 Å². The molecule has 5 nitrogen and oxygen atoms in total. The molecule has 0 aliphatic carbocycles. The van der Waals surface area contributed by atoms with Gasteiger partial charge in [-0.15, -0.1) is 0 Å². The van der Waals surface area contributed by atoms with Crippen LogP contribution in [-0.4, -0.2) is 23.3 Å². The Balaban J connectivity index is 2.47. The second-order valence-corrected chi connectivity index (χ2v) is 3.35. The molecule has 0 atom stereocenters. The monoisotopic (exact) mass is 255 g/mol. The molecule has 0 fully saturated rings. The lowest BCUT2D eigenvalue weighted by Crippen LogP contribution is -1.94. The number of benzene rings is 1. The lowest BCUT2D eigenvalue weighted by Gasteiger charge is -2.04. The van der Waals surface area contributed by atoms with Crippen molar-refractivity contribution in [3.05, 3.63) is 35.6 Å². The van der Waals surface area contributed by atoms with Gasteiger partial charge in [-0.05, 0) is 12.1 Å². The Kier molecular flexibility index (Phi) is 2.97. The number of methoxy groups -OCH3 is 1. The first kappa shape index (κ1) is 12.0. The fourth-order valence-electron chi connectivity index (χ4n) is 1.41. The fraction of sp³-hybridized carbons (Fsp3) is 0.0909. The number of aromatic nitrogens is 1. The van der Waals surface area contributed by atoms with E-state index < -0.39 is 29.1 Å². The molecule has 0 aliphatic rings. The normalized spacial score (nSPS) is 10.4. The molecule has 2 rings (SSSR count). The molecule has 1 heterocycles. The van der Waals surface area contributed by atoms with Crippen LogP contribution in [0.3, 0.4) is 0 Å². The van der Waals surface area contributed by atoms with Gasteiger partial charge in [0.25, 0.3) is 0 Å². The van der Waals surface area contributed by atoms with Gasteiger partial charge in [-0.25, -0.2) is 13.6 Å². The molecular formula is C11H7F2NO4. The summed E-state index contributed by atoms with van der Waals surface area (Å²) in [4.78, 5) is 10.6. The third kappa shape index (κ3) is 2.02. The molecule has 1 aromatic carbocycles. The third-order valence-electron chi connectivity index (χ3n) is 2.22. The van der Waals surface area contributed by atoms with Gasteiger partial charge in [0.2, 0.25) is 5.76 Å². The van der Waals surface area contributed by atoms with E-state index in [0.29, 0.717) is 0 Å². The lowest BCUT2D eigenvalue weighted by atomic mass is 10.1. The average Bonchev–Trinajstić information content (AvgIpc) is 2.77. The molecule has 18 heavy (non-hydrogen) atoms. The Labute approximate surface area is 99.6 Å². The molecule has 0 radical (unpaired) electrons. The molecule has 0 amide bonds. The van der Waals surface area contributed by atoms with Gasteiger partial charge >= 0.3 is 5.97 Å². The molecule has 1 aromatic heterocycles. The summed E-state index contributed by atoms with van der Waals surface area (Å²) in [5, 5.41) is 12.0. The van der Waals surface area contributed by atoms with Crippen LogP contribution < -0.4 is 4.74 Å². The Morgan fingerprint density at radius 1 is 1.33 bits per heavy atom. The van der Waals surface area contributed by atoms with Crippen molar-refractivity contribution >= 4 is 5.97 Å². The predicted octanol–water partition coefficient (Wildman–Crippen LogP) is 2.33. The first-order valence-corrected chi connectivity index (χ1v) is 4.76. The number of carboxylic acids is 1. The minimum atomic E-state index is -1.32. The number of hydrogen-bond acceptors (Lipinski definition) is 4. The lowest BCUT2D eigenvalue weighted by molar-refractivity contribution is 0.0652. The van der Waals surface area contributed by atoms with Gasteiger partial charge in [0, 0.05) is 11.6 Å². The summed E-state index contributed by atoms with van der Waals surface area (Å²) in [5.74, 6) is -4.06. The van der Waals surface area contributed by atoms with Crippen LogP contribution in [0.1, 0.15) is 10.6 Å². The fourth-order valence-corrected chi connectivity index (χ4v) is 1.41. The van der Waals surface area contributed by atoms with E-state index in [-0.39, 0.29) is 11.3 Å². The highest BCUT2D eigenvalue weighted by atomic mass is 19.1. The number of ether oxygens (including phenoxy) is 1. The number of carbonyl (C=O) groups is 1. The Morgan fingerprint density at radius 2 is 1.94 bits per heavy atom. The van der Waals surface area contributed by atoms with Crippen molar-refractivity contribution in [1.29, 1.82) is 0 Å². The second kappa shape index (κ2) is 4.44. The van der Waals surface area contributed by atoms with Gasteiger partial charge in [-0.3, -0.25) is 0 Å². The molecule has 0 unspecified atom stereocenters. The summed E-state index contributed by atoms with van der Waals surface area (Å²) in [7, 11) is 1.14. The van der Waals surface area contributed by atoms with Crippen LogP contribution in [0.15, 0.2) is 22.7 Å². The first-order valence-electron chi connectivity index (χ1n) is 4.76. The summed E-state index contributed by atoms with van der Waals surface area (Å²) in [5.41, 5.74) is 0.0786. The Hall–Kier alpha value is -2.44. The summed E-state index contributed by atoms with van der Waals surface area (Å²) in [6.45, 7) is 0. The van der Waals surface area contributed by atoms with E-state index in [2.05, 4.69) is 14.4 Å². The van der Waals surface area contributed by atoms with E-state index in [1.54, 1.807) is 0 Å². The highest BCUT2D eigenvalue weighted by molar-refractivity contribution is 5.85. The number of carboxylic acid groups (broad SMARTS) is 1. The minimum Gasteiger partial charge on any atom is -0.491 e. The average molecular weight is 255 g/mol. The first-order chi connectivity index (χ1) is 8.52. The summed E-state index contributed by atoms with van der Waals surface area (Å²) < 4.78 is 35.9. The molecule has 7 heteroatoms. The van der Waals surface area contributed by atoms with Gasteiger partial charge in [0.15, 0.2) is 17.4 Å². The highest BCUT2D eigenvalue weighted by Crippen LogP contribution is 2.28. The second-order valence-electron chi connectivity index (χ2n) is 3.35. The predicted molar refractivity (Wildman–Crippen MR) is 55.4 cm³/mol. The van der Waals surface area contributed by atoms with Crippen molar-refractivity contribution in [1.82, 2.24) is 5.16 Å². The van der Waals surface area contributed by atoms with Crippen molar-refractivity contribution in [3.8, 4) is 17.0 Å². The molecule has 0 bridgehead atoms. The van der Waals surface area contributed by atoms with E-state index in [1.807, 2.05) is 0 Å². The van der Waals surface area contributed by atoms with Gasteiger partial charge in [0.1, 0.15) is 5.69 Å². The van der Waals surface area contributed by atoms with Crippen LogP contribution in [0.25, 0.3) is 11.3 Å². The maximum Gasteiger partial charge on any atom is 0.374 e. The summed E-state index contributed by atoms with van der Waals surface area (Å²) in [6.07, 6.45) is 0. The zero-order chi connectivity index (χ0) is 13.3. The third-order valence-corrected chi connectivity index (χ3v) is 2.22. The van der Waals surface area contributed by atoms with Gasteiger partial charge in [-0.2, -0.15) is 0 Å². The van der Waals surface area contributed by atoms with E-state index >= 15 is 0 Å². The topological polar surface area (TPSA) is 72.6 Å². The molecule has 0 spiro atoms. The van der Waals surface area contributed by atoms with E-state index in [4.69, 9.17) is 5.11 Å². The molecular weight excluding hydrogens is 248 g/mol. The van der Waals surface area contributed by atoms with Crippen LogP contribution >= 0.6 is 0 Å². The van der Waals surface area contributed by atoms with Gasteiger partial charge in [-0.1, -0.05) is 5.16 Å². The molecule has 2 aromatic rings. The van der Waals surface area contributed by atoms with Gasteiger partial charge < -0.3 is 14.4 Å². The number of rotatable bonds is 3. The van der Waals surface area contributed by atoms with Crippen LogP contribution in [0, 0.1) is 11.6 Å². The SMILES string of the molecule is COc1c(F)cc(-c2cc(C(=O)O)on2)cc1F. The molecule has 0 saturated carbocycles. The van der Waals surface area contributed by atoms with Crippen molar-refractivity contribution < 1.29 is 27.9 Å².